The molecule has 4 aromatic rings. The summed E-state index contributed by atoms with van der Waals surface area (Å²) in [5.74, 6) is 1.92. The van der Waals surface area contributed by atoms with Crippen molar-refractivity contribution in [3.63, 3.8) is 0 Å². The first-order valence-corrected chi connectivity index (χ1v) is 9.91. The number of hydrogen-bond donors (Lipinski definition) is 4. The van der Waals surface area contributed by atoms with Gasteiger partial charge in [-0.3, -0.25) is 0 Å². The van der Waals surface area contributed by atoms with Crippen molar-refractivity contribution < 1.29 is 14.3 Å². The summed E-state index contributed by atoms with van der Waals surface area (Å²) in [5.41, 5.74) is 13.9. The minimum atomic E-state index is -0.459. The molecule has 160 valence electrons. The van der Waals surface area contributed by atoms with Gasteiger partial charge < -0.3 is 31.6 Å². The Kier molecular flexibility index (Phi) is 6.08. The van der Waals surface area contributed by atoms with Gasteiger partial charge in [0, 0.05) is 0 Å². The Morgan fingerprint density at radius 1 is 0.531 bits per heavy atom. The zero-order valence-electron chi connectivity index (χ0n) is 17.1. The van der Waals surface area contributed by atoms with Crippen LogP contribution in [0.2, 0.25) is 0 Å². The molecule has 0 saturated heterocycles. The predicted molar refractivity (Wildman–Crippen MR) is 127 cm³/mol. The fourth-order valence-electron chi connectivity index (χ4n) is 2.98. The van der Waals surface area contributed by atoms with E-state index in [1.165, 1.54) is 0 Å². The van der Waals surface area contributed by atoms with E-state index in [0.29, 0.717) is 45.7 Å². The summed E-state index contributed by atoms with van der Waals surface area (Å²) in [4.78, 5) is 12.7. The SMILES string of the molecule is Nc1ccccc1Oc1ccccc1NC(=O)Nc1ccccc1Oc1ccccc1N. The van der Waals surface area contributed by atoms with Gasteiger partial charge in [0.1, 0.15) is 11.5 Å². The van der Waals surface area contributed by atoms with Gasteiger partial charge in [-0.25, -0.2) is 4.79 Å². The third kappa shape index (κ3) is 4.91. The van der Waals surface area contributed by atoms with Gasteiger partial charge in [0.15, 0.2) is 11.5 Å². The molecule has 0 aliphatic rings. The predicted octanol–water partition coefficient (Wildman–Crippen LogP) is 6.08. The number of nitrogens with two attached hydrogens (primary N) is 2. The molecule has 7 heteroatoms. The molecule has 7 nitrogen and oxygen atoms in total. The number of nitrogen functional groups attached to an aromatic ring is 2. The second kappa shape index (κ2) is 9.44. The van der Waals surface area contributed by atoms with Crippen LogP contribution in [-0.2, 0) is 0 Å². The van der Waals surface area contributed by atoms with Gasteiger partial charge in [0.05, 0.1) is 22.7 Å². The molecule has 0 aromatic heterocycles. The highest BCUT2D eigenvalue weighted by Gasteiger charge is 2.13. The smallest absolute Gasteiger partial charge is 0.323 e. The van der Waals surface area contributed by atoms with E-state index >= 15 is 0 Å². The van der Waals surface area contributed by atoms with Crippen LogP contribution in [0.3, 0.4) is 0 Å². The third-order valence-electron chi connectivity index (χ3n) is 4.55. The van der Waals surface area contributed by atoms with E-state index in [1.807, 2.05) is 36.4 Å². The van der Waals surface area contributed by atoms with E-state index in [9.17, 15) is 4.79 Å². The second-order valence-corrected chi connectivity index (χ2v) is 6.85. The molecule has 0 heterocycles. The van der Waals surface area contributed by atoms with Crippen molar-refractivity contribution in [1.29, 1.82) is 0 Å². The van der Waals surface area contributed by atoms with Crippen molar-refractivity contribution >= 4 is 28.8 Å². The summed E-state index contributed by atoms with van der Waals surface area (Å²) < 4.78 is 11.8. The van der Waals surface area contributed by atoms with Crippen molar-refractivity contribution in [3.05, 3.63) is 97.1 Å². The maximum Gasteiger partial charge on any atom is 0.323 e. The summed E-state index contributed by atoms with van der Waals surface area (Å²) in [6.45, 7) is 0. The van der Waals surface area contributed by atoms with Crippen LogP contribution < -0.4 is 31.6 Å². The van der Waals surface area contributed by atoms with Crippen molar-refractivity contribution in [2.75, 3.05) is 22.1 Å². The van der Waals surface area contributed by atoms with Crippen LogP contribution in [0.1, 0.15) is 0 Å². The van der Waals surface area contributed by atoms with Gasteiger partial charge in [-0.1, -0.05) is 48.5 Å². The van der Waals surface area contributed by atoms with Crippen molar-refractivity contribution in [2.24, 2.45) is 0 Å². The summed E-state index contributed by atoms with van der Waals surface area (Å²) in [5, 5.41) is 5.61. The van der Waals surface area contributed by atoms with Gasteiger partial charge in [0.2, 0.25) is 0 Å². The largest absolute Gasteiger partial charge is 0.453 e. The van der Waals surface area contributed by atoms with E-state index in [2.05, 4.69) is 10.6 Å². The summed E-state index contributed by atoms with van der Waals surface area (Å²) in [7, 11) is 0. The molecule has 0 atom stereocenters. The topological polar surface area (TPSA) is 112 Å². The number of hydrogen-bond acceptors (Lipinski definition) is 5. The molecular formula is C25H22N4O3. The normalized spacial score (nSPS) is 10.2. The molecule has 32 heavy (non-hydrogen) atoms. The maximum absolute atomic E-state index is 12.7. The van der Waals surface area contributed by atoms with E-state index in [-0.39, 0.29) is 0 Å². The number of nitrogens with one attached hydrogen (secondary N) is 2. The fourth-order valence-corrected chi connectivity index (χ4v) is 2.98. The van der Waals surface area contributed by atoms with Crippen LogP contribution in [0.4, 0.5) is 27.5 Å². The summed E-state index contributed by atoms with van der Waals surface area (Å²) in [6.07, 6.45) is 0. The Labute approximate surface area is 185 Å². The van der Waals surface area contributed by atoms with Crippen LogP contribution in [0.25, 0.3) is 0 Å². The molecule has 2 amide bonds. The van der Waals surface area contributed by atoms with Gasteiger partial charge in [-0.05, 0) is 48.5 Å². The van der Waals surface area contributed by atoms with E-state index in [0.717, 1.165) is 0 Å². The van der Waals surface area contributed by atoms with Crippen LogP contribution in [0, 0.1) is 0 Å². The van der Waals surface area contributed by atoms with Crippen LogP contribution in [-0.4, -0.2) is 6.03 Å². The number of ether oxygens (including phenoxy) is 2. The Bertz CT molecular complexity index is 1150. The lowest BCUT2D eigenvalue weighted by atomic mass is 10.2. The molecular weight excluding hydrogens is 404 g/mol. The zero-order valence-corrected chi connectivity index (χ0v) is 17.1. The van der Waals surface area contributed by atoms with Crippen LogP contribution >= 0.6 is 0 Å². The van der Waals surface area contributed by atoms with Gasteiger partial charge >= 0.3 is 6.03 Å². The van der Waals surface area contributed by atoms with E-state index in [4.69, 9.17) is 20.9 Å². The summed E-state index contributed by atoms with van der Waals surface area (Å²) >= 11 is 0. The van der Waals surface area contributed by atoms with Gasteiger partial charge in [0.25, 0.3) is 0 Å². The number of carbonyl (C=O) groups excluding carboxylic acids is 1. The molecule has 0 aliphatic heterocycles. The third-order valence-corrected chi connectivity index (χ3v) is 4.55. The highest BCUT2D eigenvalue weighted by atomic mass is 16.5. The van der Waals surface area contributed by atoms with Crippen molar-refractivity contribution in [2.45, 2.75) is 0 Å². The monoisotopic (exact) mass is 426 g/mol. The first kappa shape index (κ1) is 20.6. The molecule has 0 fully saturated rings. The Morgan fingerprint density at radius 3 is 1.28 bits per heavy atom. The highest BCUT2D eigenvalue weighted by Crippen LogP contribution is 2.34. The standard InChI is InChI=1S/C25H22N4O3/c26-17-9-1-5-13-21(17)31-23-15-7-3-11-19(23)28-25(30)29-20-12-4-8-16-24(20)32-22-14-6-2-10-18(22)27/h1-16H,26-27H2,(H2,28,29,30). The molecule has 0 bridgehead atoms. The molecule has 4 aromatic carbocycles. The molecule has 0 spiro atoms. The van der Waals surface area contributed by atoms with Gasteiger partial charge in [-0.2, -0.15) is 0 Å². The Hall–Kier alpha value is -4.65. The van der Waals surface area contributed by atoms with Crippen LogP contribution in [0.5, 0.6) is 23.0 Å². The average Bonchev–Trinajstić information content (AvgIpc) is 2.79. The van der Waals surface area contributed by atoms with Crippen molar-refractivity contribution in [3.8, 4) is 23.0 Å². The molecule has 0 radical (unpaired) electrons. The first-order chi connectivity index (χ1) is 15.6. The Morgan fingerprint density at radius 2 is 0.875 bits per heavy atom. The van der Waals surface area contributed by atoms with E-state index in [1.54, 1.807) is 60.7 Å². The molecule has 6 N–H and O–H groups in total. The summed E-state index contributed by atoms with van der Waals surface area (Å²) in [6, 6.07) is 28.0. The maximum atomic E-state index is 12.7. The number of para-hydroxylation sites is 8. The van der Waals surface area contributed by atoms with Crippen molar-refractivity contribution in [1.82, 2.24) is 0 Å². The molecule has 4 rings (SSSR count). The fraction of sp³-hybridized carbons (Fsp3) is 0. The minimum absolute atomic E-state index is 0.459. The number of carbonyl (C=O) groups is 1. The lowest BCUT2D eigenvalue weighted by Gasteiger charge is -2.15. The number of urea groups is 1. The number of rotatable bonds is 6. The number of benzene rings is 4. The number of anilines is 4. The molecule has 0 aliphatic carbocycles. The second-order valence-electron chi connectivity index (χ2n) is 6.85. The van der Waals surface area contributed by atoms with Crippen LogP contribution in [0.15, 0.2) is 97.1 Å². The quantitative estimate of drug-likeness (QED) is 0.279. The Balaban J connectivity index is 1.50. The zero-order chi connectivity index (χ0) is 22.3. The lowest BCUT2D eigenvalue weighted by Crippen LogP contribution is -2.20. The molecule has 0 saturated carbocycles. The first-order valence-electron chi connectivity index (χ1n) is 9.91. The minimum Gasteiger partial charge on any atom is -0.453 e. The average molecular weight is 426 g/mol. The van der Waals surface area contributed by atoms with E-state index < -0.39 is 6.03 Å². The highest BCUT2D eigenvalue weighted by molar-refractivity contribution is 6.01. The number of amides is 2. The molecule has 0 unspecified atom stereocenters. The van der Waals surface area contributed by atoms with Gasteiger partial charge in [-0.15, -0.1) is 0 Å². The lowest BCUT2D eigenvalue weighted by molar-refractivity contribution is 0.262.